The van der Waals surface area contributed by atoms with Gasteiger partial charge in [0.2, 0.25) is 0 Å². The van der Waals surface area contributed by atoms with Crippen LogP contribution in [0.3, 0.4) is 0 Å². The van der Waals surface area contributed by atoms with Gasteiger partial charge >= 0.3 is 0 Å². The van der Waals surface area contributed by atoms with Crippen LogP contribution in [0.4, 0.5) is 5.69 Å². The summed E-state index contributed by atoms with van der Waals surface area (Å²) < 4.78 is 24.0. The molecule has 4 aliphatic rings. The predicted octanol–water partition coefficient (Wildman–Crippen LogP) is 5.67. The predicted molar refractivity (Wildman–Crippen MR) is 164 cm³/mol. The number of anilines is 1. The van der Waals surface area contributed by atoms with E-state index >= 15 is 0 Å². The number of fused-ring (bicyclic) bond motifs is 4. The number of aryl methyl sites for hydroxylation is 1. The molecule has 41 heavy (non-hydrogen) atoms. The van der Waals surface area contributed by atoms with Crippen molar-refractivity contribution >= 4 is 33.1 Å². The maximum Gasteiger partial charge on any atom is 0.286 e. The molecule has 1 saturated carbocycles. The summed E-state index contributed by atoms with van der Waals surface area (Å²) in [6.07, 6.45) is 8.93. The first-order chi connectivity index (χ1) is 19.6. The van der Waals surface area contributed by atoms with Crippen LogP contribution in [0.5, 0.6) is 5.75 Å². The van der Waals surface area contributed by atoms with Crippen molar-refractivity contribution in [3.8, 4) is 5.75 Å². The van der Waals surface area contributed by atoms with E-state index in [1.807, 2.05) is 37.3 Å². The monoisotopic (exact) mass is 597 g/mol. The van der Waals surface area contributed by atoms with Gasteiger partial charge in [0.25, 0.3) is 5.91 Å². The first kappa shape index (κ1) is 28.7. The number of carbonyl (C=O) groups excluding carboxylic acids is 1. The Bertz CT molecular complexity index is 1500. The molecule has 6 rings (SSSR count). The SMILES string of the molecule is CC1C/C=C/C(O)C2CCC2CN2CC3(CCCc4cc(Cl)ccc43)COc3ccc(cc32)C(=O)N=S(N)(=O)C1C. The summed E-state index contributed by atoms with van der Waals surface area (Å²) in [5.41, 5.74) is 3.49. The highest BCUT2D eigenvalue weighted by Crippen LogP contribution is 2.46. The molecule has 2 aromatic carbocycles. The maximum absolute atomic E-state index is 13.4. The highest BCUT2D eigenvalue weighted by atomic mass is 35.5. The standard InChI is InChI=1S/C32H40ClN3O4S/c1-20-5-3-7-29(37)26-11-8-24(26)17-36-18-32(14-4-6-22-15-25(33)10-12-27(22)32)19-40-30-13-9-23(16-28(30)36)31(38)35-41(34,39)21(20)2/h3,7,9-10,12-13,15-16,20-21,24,26,29,37H,4-6,8,11,14,17-19H2,1-2H3,(H2,34,35,38,39)/b7-3+. The lowest BCUT2D eigenvalue weighted by Gasteiger charge is -2.45. The number of nitrogens with zero attached hydrogens (tertiary/aromatic N) is 2. The van der Waals surface area contributed by atoms with Crippen molar-refractivity contribution in [2.45, 2.75) is 69.1 Å². The van der Waals surface area contributed by atoms with Crippen molar-refractivity contribution in [2.24, 2.45) is 27.3 Å². The smallest absolute Gasteiger partial charge is 0.286 e. The van der Waals surface area contributed by atoms with E-state index in [1.54, 1.807) is 13.0 Å². The number of aliphatic hydroxyl groups is 1. The molecule has 7 unspecified atom stereocenters. The van der Waals surface area contributed by atoms with Crippen LogP contribution in [-0.2, 0) is 21.8 Å². The second-order valence-corrected chi connectivity index (χ2v) is 15.2. The van der Waals surface area contributed by atoms with Crippen molar-refractivity contribution in [2.75, 3.05) is 24.6 Å². The van der Waals surface area contributed by atoms with Crippen molar-refractivity contribution in [3.63, 3.8) is 0 Å². The molecule has 2 bridgehead atoms. The summed E-state index contributed by atoms with van der Waals surface area (Å²) in [7, 11) is -3.29. The third-order valence-electron chi connectivity index (χ3n) is 10.1. The van der Waals surface area contributed by atoms with Crippen molar-refractivity contribution in [1.29, 1.82) is 0 Å². The summed E-state index contributed by atoms with van der Waals surface area (Å²) in [5, 5.41) is 17.6. The summed E-state index contributed by atoms with van der Waals surface area (Å²) in [6.45, 7) is 5.72. The van der Waals surface area contributed by atoms with Crippen LogP contribution < -0.4 is 14.8 Å². The molecule has 2 aromatic rings. The second-order valence-electron chi connectivity index (χ2n) is 12.6. The summed E-state index contributed by atoms with van der Waals surface area (Å²) in [5.74, 6) is 0.536. The lowest BCUT2D eigenvalue weighted by Crippen LogP contribution is -2.49. The zero-order valence-corrected chi connectivity index (χ0v) is 25.4. The number of benzene rings is 2. The van der Waals surface area contributed by atoms with Gasteiger partial charge in [0.15, 0.2) is 0 Å². The van der Waals surface area contributed by atoms with E-state index in [2.05, 4.69) is 21.4 Å². The van der Waals surface area contributed by atoms with Crippen LogP contribution in [0.25, 0.3) is 0 Å². The topological polar surface area (TPSA) is 105 Å². The quantitative estimate of drug-likeness (QED) is 0.381. The Balaban J connectivity index is 1.45. The van der Waals surface area contributed by atoms with E-state index in [0.29, 0.717) is 30.3 Å². The Morgan fingerprint density at radius 3 is 2.80 bits per heavy atom. The van der Waals surface area contributed by atoms with E-state index in [9.17, 15) is 14.1 Å². The largest absolute Gasteiger partial charge is 0.490 e. The lowest BCUT2D eigenvalue weighted by atomic mass is 9.68. The van der Waals surface area contributed by atoms with Crippen LogP contribution in [0.1, 0.15) is 67.4 Å². The van der Waals surface area contributed by atoms with E-state index in [1.165, 1.54) is 11.1 Å². The third kappa shape index (κ3) is 5.44. The molecular formula is C32H40ClN3O4S. The Morgan fingerprint density at radius 2 is 2.02 bits per heavy atom. The molecule has 1 fully saturated rings. The lowest BCUT2D eigenvalue weighted by molar-refractivity contribution is 0.0456. The highest BCUT2D eigenvalue weighted by molar-refractivity contribution is 7.92. The van der Waals surface area contributed by atoms with Crippen LogP contribution in [0, 0.1) is 17.8 Å². The van der Waals surface area contributed by atoms with Gasteiger partial charge in [-0.05, 0) is 105 Å². The van der Waals surface area contributed by atoms with Gasteiger partial charge in [-0.2, -0.15) is 0 Å². The van der Waals surface area contributed by atoms with Crippen molar-refractivity contribution in [3.05, 3.63) is 70.3 Å². The number of halogens is 1. The number of amides is 1. The molecule has 2 aliphatic heterocycles. The molecular weight excluding hydrogens is 558 g/mol. The molecule has 9 heteroatoms. The molecule has 1 amide bonds. The first-order valence-electron chi connectivity index (χ1n) is 14.8. The van der Waals surface area contributed by atoms with Gasteiger partial charge < -0.3 is 14.7 Å². The molecule has 0 aromatic heterocycles. The van der Waals surface area contributed by atoms with E-state index < -0.39 is 27.2 Å². The molecule has 2 heterocycles. The number of ether oxygens (including phenoxy) is 1. The van der Waals surface area contributed by atoms with Gasteiger partial charge in [-0.25, -0.2) is 9.35 Å². The zero-order chi connectivity index (χ0) is 28.9. The fourth-order valence-electron chi connectivity index (χ4n) is 7.17. The number of aliphatic hydroxyl groups excluding tert-OH is 1. The second kappa shape index (κ2) is 11.0. The summed E-state index contributed by atoms with van der Waals surface area (Å²) >= 11 is 6.39. The highest BCUT2D eigenvalue weighted by Gasteiger charge is 2.44. The molecule has 3 N–H and O–H groups in total. The van der Waals surface area contributed by atoms with E-state index in [4.69, 9.17) is 21.5 Å². The molecule has 2 aliphatic carbocycles. The Morgan fingerprint density at radius 1 is 1.20 bits per heavy atom. The van der Waals surface area contributed by atoms with Crippen LogP contribution >= 0.6 is 11.6 Å². The van der Waals surface area contributed by atoms with Gasteiger partial charge in [0.05, 0.1) is 23.6 Å². The van der Waals surface area contributed by atoms with Crippen LogP contribution in [-0.4, -0.2) is 46.3 Å². The Kier molecular flexibility index (Phi) is 7.72. The summed E-state index contributed by atoms with van der Waals surface area (Å²) in [6, 6.07) is 11.6. The number of hydrogen-bond acceptors (Lipinski definition) is 5. The number of hydrogen-bond donors (Lipinski definition) is 2. The number of carbonyl (C=O) groups is 1. The van der Waals surface area contributed by atoms with E-state index in [-0.39, 0.29) is 17.3 Å². The Hall–Kier alpha value is -2.39. The van der Waals surface area contributed by atoms with Crippen molar-refractivity contribution in [1.82, 2.24) is 0 Å². The van der Waals surface area contributed by atoms with Gasteiger partial charge in [-0.15, -0.1) is 4.36 Å². The molecule has 0 saturated heterocycles. The molecule has 7 atom stereocenters. The number of nitrogens with two attached hydrogens (primary N) is 1. The van der Waals surface area contributed by atoms with E-state index in [0.717, 1.165) is 55.9 Å². The Labute approximate surface area is 248 Å². The molecule has 0 radical (unpaired) electrons. The fraction of sp³-hybridized carbons (Fsp3) is 0.531. The number of rotatable bonds is 0. The number of allylic oxidation sites excluding steroid dienone is 1. The molecule has 220 valence electrons. The van der Waals surface area contributed by atoms with Gasteiger partial charge in [-0.1, -0.05) is 36.7 Å². The zero-order valence-electron chi connectivity index (χ0n) is 23.8. The normalized spacial score (nSPS) is 36.2. The van der Waals surface area contributed by atoms with Crippen LogP contribution in [0.15, 0.2) is 52.9 Å². The minimum absolute atomic E-state index is 0.0713. The van der Waals surface area contributed by atoms with Gasteiger partial charge in [0.1, 0.15) is 15.7 Å². The van der Waals surface area contributed by atoms with Gasteiger partial charge in [0, 0.05) is 29.1 Å². The van der Waals surface area contributed by atoms with Crippen molar-refractivity contribution < 1.29 is 18.8 Å². The third-order valence-corrected chi connectivity index (χ3v) is 12.3. The fourth-order valence-corrected chi connectivity index (χ4v) is 8.67. The maximum atomic E-state index is 13.4. The molecule has 7 nitrogen and oxygen atoms in total. The summed E-state index contributed by atoms with van der Waals surface area (Å²) in [4.78, 5) is 15.7. The molecule has 1 spiro atoms. The van der Waals surface area contributed by atoms with Gasteiger partial charge in [-0.3, -0.25) is 4.79 Å². The average Bonchev–Trinajstić information content (AvgIpc) is 3.06. The first-order valence-corrected chi connectivity index (χ1v) is 16.8. The minimum atomic E-state index is -3.29. The minimum Gasteiger partial charge on any atom is -0.490 e. The average molecular weight is 598 g/mol. The van der Waals surface area contributed by atoms with Crippen LogP contribution in [0.2, 0.25) is 5.02 Å².